The SMILES string of the molecule is C=CC(=O)Oc1ccc(C=Cc2ccc(-c3ccc(OC(=O)C(=C)C)cc3)o2)cc1. The Kier molecular flexibility index (Phi) is 6.45. The number of hydrogen-bond acceptors (Lipinski definition) is 5. The van der Waals surface area contributed by atoms with Crippen LogP contribution in [0.5, 0.6) is 11.5 Å². The predicted molar refractivity (Wildman–Crippen MR) is 116 cm³/mol. The first-order valence-corrected chi connectivity index (χ1v) is 9.15. The van der Waals surface area contributed by atoms with Gasteiger partial charge in [-0.25, -0.2) is 9.59 Å². The molecule has 0 spiro atoms. The van der Waals surface area contributed by atoms with Gasteiger partial charge in [0.25, 0.3) is 0 Å². The normalized spacial score (nSPS) is 10.6. The lowest BCUT2D eigenvalue weighted by Crippen LogP contribution is -2.07. The van der Waals surface area contributed by atoms with E-state index < -0.39 is 11.9 Å². The zero-order chi connectivity index (χ0) is 21.5. The Morgan fingerprint density at radius 3 is 2.13 bits per heavy atom. The van der Waals surface area contributed by atoms with E-state index in [4.69, 9.17) is 13.9 Å². The molecule has 0 N–H and O–H groups in total. The van der Waals surface area contributed by atoms with Gasteiger partial charge < -0.3 is 13.9 Å². The van der Waals surface area contributed by atoms with E-state index in [-0.39, 0.29) is 0 Å². The number of carbonyl (C=O) groups is 2. The van der Waals surface area contributed by atoms with Gasteiger partial charge in [-0.15, -0.1) is 0 Å². The molecule has 0 unspecified atom stereocenters. The fraction of sp³-hybridized carbons (Fsp3) is 0.0400. The Balaban J connectivity index is 1.64. The summed E-state index contributed by atoms with van der Waals surface area (Å²) in [6, 6.07) is 17.8. The summed E-state index contributed by atoms with van der Waals surface area (Å²) in [5, 5.41) is 0. The smallest absolute Gasteiger partial charge is 0.338 e. The molecular formula is C25H20O5. The summed E-state index contributed by atoms with van der Waals surface area (Å²) < 4.78 is 16.1. The van der Waals surface area contributed by atoms with E-state index in [9.17, 15) is 9.59 Å². The molecule has 0 bridgehead atoms. The number of benzene rings is 2. The maximum atomic E-state index is 11.6. The van der Waals surface area contributed by atoms with E-state index in [1.807, 2.05) is 48.6 Å². The molecule has 0 saturated heterocycles. The zero-order valence-corrected chi connectivity index (χ0v) is 16.5. The largest absolute Gasteiger partial charge is 0.457 e. The van der Waals surface area contributed by atoms with Crippen LogP contribution < -0.4 is 9.47 Å². The Hall–Kier alpha value is -4.12. The van der Waals surface area contributed by atoms with Gasteiger partial charge in [-0.2, -0.15) is 0 Å². The van der Waals surface area contributed by atoms with E-state index in [0.717, 1.165) is 17.2 Å². The van der Waals surface area contributed by atoms with Crippen molar-refractivity contribution in [3.05, 3.63) is 96.8 Å². The zero-order valence-electron chi connectivity index (χ0n) is 16.5. The maximum absolute atomic E-state index is 11.6. The summed E-state index contributed by atoms with van der Waals surface area (Å²) >= 11 is 0. The Morgan fingerprint density at radius 1 is 0.867 bits per heavy atom. The van der Waals surface area contributed by atoms with E-state index in [1.54, 1.807) is 31.2 Å². The molecule has 0 radical (unpaired) electrons. The van der Waals surface area contributed by atoms with Crippen molar-refractivity contribution in [2.45, 2.75) is 6.92 Å². The van der Waals surface area contributed by atoms with Crippen molar-refractivity contribution in [2.24, 2.45) is 0 Å². The third-order valence-electron chi connectivity index (χ3n) is 4.03. The summed E-state index contributed by atoms with van der Waals surface area (Å²) in [5.41, 5.74) is 2.13. The van der Waals surface area contributed by atoms with Crippen LogP contribution in [0.15, 0.2) is 89.9 Å². The lowest BCUT2D eigenvalue weighted by atomic mass is 10.1. The third-order valence-corrected chi connectivity index (χ3v) is 4.03. The summed E-state index contributed by atoms with van der Waals surface area (Å²) in [6.07, 6.45) is 4.85. The molecule has 2 aromatic carbocycles. The van der Waals surface area contributed by atoms with Crippen LogP contribution in [-0.4, -0.2) is 11.9 Å². The van der Waals surface area contributed by atoms with Crippen LogP contribution in [0.1, 0.15) is 18.2 Å². The van der Waals surface area contributed by atoms with Gasteiger partial charge in [0.1, 0.15) is 23.0 Å². The number of carbonyl (C=O) groups excluding carboxylic acids is 2. The van der Waals surface area contributed by atoms with Gasteiger partial charge in [-0.05, 0) is 67.1 Å². The molecule has 0 atom stereocenters. The van der Waals surface area contributed by atoms with Gasteiger partial charge in [0.2, 0.25) is 0 Å². The van der Waals surface area contributed by atoms with E-state index in [1.165, 1.54) is 0 Å². The first-order valence-electron chi connectivity index (χ1n) is 9.15. The lowest BCUT2D eigenvalue weighted by molar-refractivity contribution is -0.130. The second kappa shape index (κ2) is 9.39. The Bertz CT molecular complexity index is 1100. The van der Waals surface area contributed by atoms with Crippen LogP contribution in [0, 0.1) is 0 Å². The van der Waals surface area contributed by atoms with Crippen molar-refractivity contribution >= 4 is 24.1 Å². The molecule has 0 fully saturated rings. The highest BCUT2D eigenvalue weighted by Gasteiger charge is 2.07. The summed E-state index contributed by atoms with van der Waals surface area (Å²) in [7, 11) is 0. The van der Waals surface area contributed by atoms with Crippen molar-refractivity contribution in [3.8, 4) is 22.8 Å². The van der Waals surface area contributed by atoms with Crippen molar-refractivity contribution < 1.29 is 23.5 Å². The predicted octanol–water partition coefficient (Wildman–Crippen LogP) is 5.69. The molecule has 0 aliphatic carbocycles. The van der Waals surface area contributed by atoms with Crippen LogP contribution in [0.2, 0.25) is 0 Å². The fourth-order valence-electron chi connectivity index (χ4n) is 2.46. The average Bonchev–Trinajstić information content (AvgIpc) is 3.22. The lowest BCUT2D eigenvalue weighted by Gasteiger charge is -2.04. The first-order chi connectivity index (χ1) is 14.4. The Morgan fingerprint density at radius 2 is 1.50 bits per heavy atom. The molecule has 3 aromatic rings. The van der Waals surface area contributed by atoms with Gasteiger partial charge in [-0.3, -0.25) is 0 Å². The number of hydrogen-bond donors (Lipinski definition) is 0. The molecule has 30 heavy (non-hydrogen) atoms. The minimum absolute atomic E-state index is 0.342. The second-order valence-electron chi connectivity index (χ2n) is 6.42. The molecule has 150 valence electrons. The van der Waals surface area contributed by atoms with Crippen molar-refractivity contribution in [3.63, 3.8) is 0 Å². The topological polar surface area (TPSA) is 65.7 Å². The highest BCUT2D eigenvalue weighted by Crippen LogP contribution is 2.26. The quantitative estimate of drug-likeness (QED) is 0.290. The minimum atomic E-state index is -0.497. The van der Waals surface area contributed by atoms with Crippen molar-refractivity contribution in [1.29, 1.82) is 0 Å². The molecule has 0 saturated carbocycles. The van der Waals surface area contributed by atoms with E-state index >= 15 is 0 Å². The summed E-state index contributed by atoms with van der Waals surface area (Å²) in [4.78, 5) is 22.8. The van der Waals surface area contributed by atoms with Gasteiger partial charge >= 0.3 is 11.9 Å². The van der Waals surface area contributed by atoms with Gasteiger partial charge in [0.15, 0.2) is 0 Å². The molecule has 0 aliphatic rings. The number of esters is 2. The maximum Gasteiger partial charge on any atom is 0.338 e. The molecule has 0 amide bonds. The van der Waals surface area contributed by atoms with Crippen LogP contribution >= 0.6 is 0 Å². The molecule has 3 rings (SSSR count). The fourth-order valence-corrected chi connectivity index (χ4v) is 2.46. The number of furan rings is 1. The Labute approximate surface area is 174 Å². The molecule has 5 nitrogen and oxygen atoms in total. The van der Waals surface area contributed by atoms with E-state index in [2.05, 4.69) is 13.2 Å². The van der Waals surface area contributed by atoms with Crippen LogP contribution in [0.4, 0.5) is 0 Å². The second-order valence-corrected chi connectivity index (χ2v) is 6.42. The molecule has 0 aliphatic heterocycles. The van der Waals surface area contributed by atoms with E-state index in [0.29, 0.717) is 28.6 Å². The molecule has 1 aromatic heterocycles. The van der Waals surface area contributed by atoms with Crippen molar-refractivity contribution in [2.75, 3.05) is 0 Å². The molecule has 1 heterocycles. The first kappa shape index (κ1) is 20.6. The highest BCUT2D eigenvalue weighted by atomic mass is 16.5. The average molecular weight is 400 g/mol. The third kappa shape index (κ3) is 5.45. The number of rotatable bonds is 7. The molecule has 5 heteroatoms. The van der Waals surface area contributed by atoms with Crippen LogP contribution in [-0.2, 0) is 9.59 Å². The summed E-state index contributed by atoms with van der Waals surface area (Å²) in [6.45, 7) is 8.52. The minimum Gasteiger partial charge on any atom is -0.457 e. The van der Waals surface area contributed by atoms with Gasteiger partial charge in [0, 0.05) is 17.2 Å². The van der Waals surface area contributed by atoms with Gasteiger partial charge in [-0.1, -0.05) is 31.4 Å². The summed E-state index contributed by atoms with van der Waals surface area (Å²) in [5.74, 6) is 1.32. The van der Waals surface area contributed by atoms with Crippen LogP contribution in [0.25, 0.3) is 23.5 Å². The van der Waals surface area contributed by atoms with Crippen molar-refractivity contribution in [1.82, 2.24) is 0 Å². The monoisotopic (exact) mass is 400 g/mol. The van der Waals surface area contributed by atoms with Crippen LogP contribution in [0.3, 0.4) is 0 Å². The standard InChI is InChI=1S/C25H20O5/c1-4-24(26)29-21-11-6-18(7-12-21)5-10-20-15-16-23(28-20)19-8-13-22(14-9-19)30-25(27)17(2)3/h4-16H,1-2H2,3H3. The number of ether oxygens (including phenoxy) is 2. The highest BCUT2D eigenvalue weighted by molar-refractivity contribution is 5.88. The molecular weight excluding hydrogens is 380 g/mol. The van der Waals surface area contributed by atoms with Gasteiger partial charge in [0.05, 0.1) is 0 Å².